The van der Waals surface area contributed by atoms with E-state index in [1.165, 1.54) is 0 Å². The Balaban J connectivity index is 1.87. The van der Waals surface area contributed by atoms with Crippen LogP contribution in [0.2, 0.25) is 0 Å². The quantitative estimate of drug-likeness (QED) is 0.852. The van der Waals surface area contributed by atoms with E-state index in [-0.39, 0.29) is 11.3 Å². The van der Waals surface area contributed by atoms with Gasteiger partial charge in [-0.2, -0.15) is 0 Å². The Labute approximate surface area is 122 Å². The van der Waals surface area contributed by atoms with E-state index in [1.807, 2.05) is 31.9 Å². The summed E-state index contributed by atoms with van der Waals surface area (Å²) in [6.45, 7) is 11.0. The van der Waals surface area contributed by atoms with Gasteiger partial charge in [-0.25, -0.2) is 4.98 Å². The van der Waals surface area contributed by atoms with Gasteiger partial charge in [-0.1, -0.05) is 27.7 Å². The summed E-state index contributed by atoms with van der Waals surface area (Å²) in [7, 11) is 0. The molecule has 1 aromatic rings. The van der Waals surface area contributed by atoms with E-state index in [0.29, 0.717) is 5.92 Å². The molecule has 1 aliphatic rings. The summed E-state index contributed by atoms with van der Waals surface area (Å²) in [6.07, 6.45) is 7.14. The average Bonchev–Trinajstić information content (AvgIpc) is 2.85. The lowest BCUT2D eigenvalue weighted by Crippen LogP contribution is -2.44. The number of nitrogens with zero attached hydrogens (tertiary/aromatic N) is 3. The number of likely N-dealkylation sites (tertiary alicyclic amines) is 1. The first-order valence-corrected chi connectivity index (χ1v) is 7.71. The topological polar surface area (TPSA) is 38.1 Å². The first-order chi connectivity index (χ1) is 9.41. The Kier molecular flexibility index (Phi) is 4.51. The highest BCUT2D eigenvalue weighted by Gasteiger charge is 2.30. The van der Waals surface area contributed by atoms with E-state index >= 15 is 0 Å². The van der Waals surface area contributed by atoms with Crippen molar-refractivity contribution in [3.63, 3.8) is 0 Å². The first kappa shape index (κ1) is 15.1. The highest BCUT2D eigenvalue weighted by atomic mass is 16.2. The van der Waals surface area contributed by atoms with Gasteiger partial charge in [0.05, 0.1) is 0 Å². The Morgan fingerprint density at radius 1 is 1.35 bits per heavy atom. The number of piperidine rings is 1. The molecule has 0 aromatic carbocycles. The van der Waals surface area contributed by atoms with Crippen LogP contribution in [0.4, 0.5) is 0 Å². The Morgan fingerprint density at radius 3 is 2.55 bits per heavy atom. The number of rotatable bonds is 3. The fraction of sp³-hybridized carbons (Fsp3) is 0.750. The second-order valence-corrected chi connectivity index (χ2v) is 6.83. The maximum atomic E-state index is 12.3. The third-order valence-electron chi connectivity index (χ3n) is 4.12. The molecule has 1 amide bonds. The maximum Gasteiger partial charge on any atom is 0.227 e. The second kappa shape index (κ2) is 5.98. The molecule has 4 nitrogen and oxygen atoms in total. The largest absolute Gasteiger partial charge is 0.342 e. The number of aromatic nitrogens is 2. The summed E-state index contributed by atoms with van der Waals surface area (Å²) in [5.74, 6) is 2.12. The van der Waals surface area contributed by atoms with Crippen LogP contribution in [0.1, 0.15) is 46.4 Å². The molecule has 0 radical (unpaired) electrons. The fourth-order valence-corrected chi connectivity index (χ4v) is 2.89. The molecule has 1 aliphatic heterocycles. The number of carbonyl (C=O) groups excluding carboxylic acids is 1. The van der Waals surface area contributed by atoms with Crippen molar-refractivity contribution in [2.24, 2.45) is 11.3 Å². The minimum Gasteiger partial charge on any atom is -0.342 e. The first-order valence-electron chi connectivity index (χ1n) is 7.71. The van der Waals surface area contributed by atoms with Gasteiger partial charge in [0.2, 0.25) is 5.91 Å². The van der Waals surface area contributed by atoms with Crippen molar-refractivity contribution < 1.29 is 4.79 Å². The molecule has 0 bridgehead atoms. The zero-order valence-electron chi connectivity index (χ0n) is 13.2. The van der Waals surface area contributed by atoms with Crippen LogP contribution in [0.25, 0.3) is 0 Å². The lowest BCUT2D eigenvalue weighted by Gasteiger charge is -2.36. The molecule has 112 valence electrons. The van der Waals surface area contributed by atoms with Crippen LogP contribution in [-0.4, -0.2) is 33.4 Å². The molecular weight excluding hydrogens is 250 g/mol. The predicted octanol–water partition coefficient (Wildman–Crippen LogP) is 2.73. The number of amides is 1. The van der Waals surface area contributed by atoms with E-state index in [9.17, 15) is 4.79 Å². The zero-order chi connectivity index (χ0) is 14.8. The van der Waals surface area contributed by atoms with Crippen LogP contribution >= 0.6 is 0 Å². The van der Waals surface area contributed by atoms with Crippen LogP contribution < -0.4 is 0 Å². The van der Waals surface area contributed by atoms with Crippen LogP contribution in [0.15, 0.2) is 12.4 Å². The van der Waals surface area contributed by atoms with Crippen molar-refractivity contribution in [1.29, 1.82) is 0 Å². The molecule has 4 heteroatoms. The molecule has 0 spiro atoms. The van der Waals surface area contributed by atoms with Gasteiger partial charge >= 0.3 is 0 Å². The average molecular weight is 277 g/mol. The molecule has 0 aliphatic carbocycles. The minimum atomic E-state index is -0.257. The van der Waals surface area contributed by atoms with Gasteiger partial charge in [0, 0.05) is 43.9 Å². The van der Waals surface area contributed by atoms with Crippen LogP contribution in [0, 0.1) is 11.3 Å². The molecule has 20 heavy (non-hydrogen) atoms. The smallest absolute Gasteiger partial charge is 0.227 e. The van der Waals surface area contributed by atoms with Gasteiger partial charge in [-0.15, -0.1) is 0 Å². The molecule has 1 saturated heterocycles. The summed E-state index contributed by atoms with van der Waals surface area (Å²) in [5, 5.41) is 0. The van der Waals surface area contributed by atoms with Crippen molar-refractivity contribution >= 4 is 5.91 Å². The van der Waals surface area contributed by atoms with Gasteiger partial charge < -0.3 is 9.47 Å². The molecule has 0 saturated carbocycles. The molecule has 0 unspecified atom stereocenters. The number of aryl methyl sites for hydroxylation is 1. The third kappa shape index (κ3) is 3.41. The summed E-state index contributed by atoms with van der Waals surface area (Å²) in [4.78, 5) is 18.7. The summed E-state index contributed by atoms with van der Waals surface area (Å²) in [6, 6.07) is 0. The van der Waals surface area contributed by atoms with Crippen LogP contribution in [0.5, 0.6) is 0 Å². The van der Waals surface area contributed by atoms with Crippen LogP contribution in [-0.2, 0) is 17.8 Å². The Bertz CT molecular complexity index is 451. The zero-order valence-corrected chi connectivity index (χ0v) is 13.2. The van der Waals surface area contributed by atoms with Gasteiger partial charge in [-0.3, -0.25) is 4.79 Å². The number of hydrogen-bond donors (Lipinski definition) is 0. The predicted molar refractivity (Wildman–Crippen MR) is 80.4 cm³/mol. The van der Waals surface area contributed by atoms with E-state index in [1.54, 1.807) is 0 Å². The van der Waals surface area contributed by atoms with Crippen molar-refractivity contribution in [2.75, 3.05) is 13.1 Å². The van der Waals surface area contributed by atoms with E-state index in [2.05, 4.69) is 22.7 Å². The van der Waals surface area contributed by atoms with E-state index in [4.69, 9.17) is 0 Å². The van der Waals surface area contributed by atoms with E-state index in [0.717, 1.165) is 44.7 Å². The van der Waals surface area contributed by atoms with Crippen molar-refractivity contribution in [2.45, 2.75) is 53.5 Å². The molecular formula is C16H27N3O. The normalized spacial score (nSPS) is 17.5. The van der Waals surface area contributed by atoms with Crippen molar-refractivity contribution in [1.82, 2.24) is 14.5 Å². The molecule has 0 atom stereocenters. The summed E-state index contributed by atoms with van der Waals surface area (Å²) < 4.78 is 2.27. The lowest BCUT2D eigenvalue weighted by molar-refractivity contribution is -0.140. The second-order valence-electron chi connectivity index (χ2n) is 6.83. The maximum absolute atomic E-state index is 12.3. The van der Waals surface area contributed by atoms with Crippen molar-refractivity contribution in [3.05, 3.63) is 18.2 Å². The molecule has 2 rings (SSSR count). The minimum absolute atomic E-state index is 0.257. The molecule has 0 N–H and O–H groups in total. The number of carbonyl (C=O) groups is 1. The highest BCUT2D eigenvalue weighted by molar-refractivity contribution is 5.81. The molecule has 2 heterocycles. The third-order valence-corrected chi connectivity index (χ3v) is 4.12. The molecule has 1 fully saturated rings. The lowest BCUT2D eigenvalue weighted by atomic mass is 9.91. The number of hydrogen-bond acceptors (Lipinski definition) is 2. The van der Waals surface area contributed by atoms with Gasteiger partial charge in [0.25, 0.3) is 0 Å². The van der Waals surface area contributed by atoms with Gasteiger partial charge in [0.1, 0.15) is 5.82 Å². The highest BCUT2D eigenvalue weighted by Crippen LogP contribution is 2.24. The Hall–Kier alpha value is -1.32. The SMILES string of the molecule is CCc1nccn1CC1CCN(C(=O)C(C)(C)C)CC1. The summed E-state index contributed by atoms with van der Waals surface area (Å²) in [5.41, 5.74) is -0.257. The van der Waals surface area contributed by atoms with Gasteiger partial charge in [0.15, 0.2) is 0 Å². The van der Waals surface area contributed by atoms with Crippen LogP contribution in [0.3, 0.4) is 0 Å². The monoisotopic (exact) mass is 277 g/mol. The standard InChI is InChI=1S/C16H27N3O/c1-5-14-17-8-11-19(14)12-13-6-9-18(10-7-13)15(20)16(2,3)4/h8,11,13H,5-7,9-10,12H2,1-4H3. The fourth-order valence-electron chi connectivity index (χ4n) is 2.89. The van der Waals surface area contributed by atoms with E-state index < -0.39 is 0 Å². The summed E-state index contributed by atoms with van der Waals surface area (Å²) >= 11 is 0. The Morgan fingerprint density at radius 2 is 2.00 bits per heavy atom. The van der Waals surface area contributed by atoms with Gasteiger partial charge in [-0.05, 0) is 18.8 Å². The molecule has 1 aromatic heterocycles. The number of imidazole rings is 1. The van der Waals surface area contributed by atoms with Crippen molar-refractivity contribution in [3.8, 4) is 0 Å².